The number of ether oxygens (including phenoxy) is 3. The number of ketones is 1. The molecule has 0 aromatic heterocycles. The maximum absolute atomic E-state index is 13.5. The smallest absolute Gasteiger partial charge is 0.192 e. The van der Waals surface area contributed by atoms with E-state index >= 15 is 0 Å². The summed E-state index contributed by atoms with van der Waals surface area (Å²) in [6.07, 6.45) is 5.29. The third-order valence-electron chi connectivity index (χ3n) is 10.0. The van der Waals surface area contributed by atoms with Crippen molar-refractivity contribution in [3.63, 3.8) is 0 Å². The lowest BCUT2D eigenvalue weighted by Crippen LogP contribution is -2.48. The second-order valence-electron chi connectivity index (χ2n) is 14.8. The molecule has 1 aliphatic rings. The van der Waals surface area contributed by atoms with Crippen molar-refractivity contribution >= 4 is 36.7 Å². The standard InChI is InChI=1S/C36H61IO5Si/c1-13-24(2)20-26(4)33-28(6)35(42-43(11,12)36(7,8)9)34(41-33)27(5)22-30(38)21-25(3)32(18-19-37)40-23-29-14-16-31(39-10)17-15-29/h14-19,24-28,32-35H,13,20-23H2,1-12H3/b19-18+. The molecule has 1 aromatic carbocycles. The molecule has 0 saturated carbocycles. The summed E-state index contributed by atoms with van der Waals surface area (Å²) in [6.45, 7) is 25.6. The van der Waals surface area contributed by atoms with Gasteiger partial charge in [0, 0.05) is 18.8 Å². The van der Waals surface area contributed by atoms with Crippen molar-refractivity contribution in [2.75, 3.05) is 7.11 Å². The Hall–Kier alpha value is -0.743. The number of Topliss-reactive ketones (excluding diaryl/α,β-unsaturated/α-hetero) is 1. The minimum absolute atomic E-state index is 0.00744. The highest BCUT2D eigenvalue weighted by Crippen LogP contribution is 2.45. The van der Waals surface area contributed by atoms with Crippen molar-refractivity contribution in [2.45, 2.75) is 137 Å². The Bertz CT molecular complexity index is 1000. The third kappa shape index (κ3) is 11.2. The molecule has 9 atom stereocenters. The zero-order valence-electron chi connectivity index (χ0n) is 29.1. The van der Waals surface area contributed by atoms with E-state index in [1.165, 1.54) is 6.42 Å². The monoisotopic (exact) mass is 728 g/mol. The largest absolute Gasteiger partial charge is 0.497 e. The number of benzene rings is 1. The van der Waals surface area contributed by atoms with Gasteiger partial charge >= 0.3 is 0 Å². The molecule has 43 heavy (non-hydrogen) atoms. The predicted molar refractivity (Wildman–Crippen MR) is 190 cm³/mol. The van der Waals surface area contributed by atoms with Crippen LogP contribution < -0.4 is 4.74 Å². The summed E-state index contributed by atoms with van der Waals surface area (Å²) in [7, 11) is -0.366. The zero-order valence-corrected chi connectivity index (χ0v) is 32.3. The van der Waals surface area contributed by atoms with E-state index in [9.17, 15) is 4.79 Å². The van der Waals surface area contributed by atoms with E-state index in [0.717, 1.165) is 17.7 Å². The number of hydrogen-bond donors (Lipinski definition) is 0. The Morgan fingerprint density at radius 2 is 1.67 bits per heavy atom. The van der Waals surface area contributed by atoms with Gasteiger partial charge in [0.05, 0.1) is 38.1 Å². The van der Waals surface area contributed by atoms with Gasteiger partial charge in [0.2, 0.25) is 0 Å². The molecule has 9 unspecified atom stereocenters. The summed E-state index contributed by atoms with van der Waals surface area (Å²) in [6, 6.07) is 7.92. The Morgan fingerprint density at radius 3 is 2.21 bits per heavy atom. The van der Waals surface area contributed by atoms with Crippen LogP contribution in [0, 0.1) is 29.6 Å². The summed E-state index contributed by atoms with van der Waals surface area (Å²) >= 11 is 2.23. The highest BCUT2D eigenvalue weighted by atomic mass is 127. The molecule has 1 saturated heterocycles. The van der Waals surface area contributed by atoms with Crippen molar-refractivity contribution in [1.82, 2.24) is 0 Å². The number of halogens is 1. The minimum Gasteiger partial charge on any atom is -0.497 e. The van der Waals surface area contributed by atoms with E-state index in [-0.39, 0.29) is 47.1 Å². The fraction of sp³-hybridized carbons (Fsp3) is 0.750. The topological polar surface area (TPSA) is 54.0 Å². The van der Waals surface area contributed by atoms with E-state index in [4.69, 9.17) is 18.6 Å². The van der Waals surface area contributed by atoms with Crippen LogP contribution in [0.3, 0.4) is 0 Å². The zero-order chi connectivity index (χ0) is 32.5. The molecule has 0 N–H and O–H groups in total. The predicted octanol–water partition coefficient (Wildman–Crippen LogP) is 10.0. The van der Waals surface area contributed by atoms with E-state index in [1.807, 2.05) is 28.3 Å². The van der Waals surface area contributed by atoms with Crippen LogP contribution in [0.4, 0.5) is 0 Å². The normalized spacial score (nSPS) is 25.0. The van der Waals surface area contributed by atoms with Crippen molar-refractivity contribution in [3.8, 4) is 5.75 Å². The lowest BCUT2D eigenvalue weighted by atomic mass is 9.83. The molecule has 1 aliphatic heterocycles. The van der Waals surface area contributed by atoms with E-state index in [0.29, 0.717) is 37.2 Å². The first kappa shape index (κ1) is 38.4. The van der Waals surface area contributed by atoms with Crippen LogP contribution in [0.25, 0.3) is 0 Å². The summed E-state index contributed by atoms with van der Waals surface area (Å²) < 4.78 is 27.5. The van der Waals surface area contributed by atoms with Gasteiger partial charge in [0.15, 0.2) is 8.32 Å². The highest BCUT2D eigenvalue weighted by molar-refractivity contribution is 14.1. The molecule has 2 rings (SSSR count). The van der Waals surface area contributed by atoms with Crippen LogP contribution in [0.15, 0.2) is 34.4 Å². The van der Waals surface area contributed by atoms with Gasteiger partial charge in [0.25, 0.3) is 0 Å². The molecule has 0 bridgehead atoms. The summed E-state index contributed by atoms with van der Waals surface area (Å²) in [5.74, 6) is 2.65. The van der Waals surface area contributed by atoms with Crippen LogP contribution in [0.5, 0.6) is 5.75 Å². The number of methoxy groups -OCH3 is 1. The number of carbonyl (C=O) groups is 1. The molecular formula is C36H61IO5Si. The lowest BCUT2D eigenvalue weighted by molar-refractivity contribution is -0.123. The number of carbonyl (C=O) groups excluding carboxylic acids is 1. The average molecular weight is 729 g/mol. The molecule has 7 heteroatoms. The van der Waals surface area contributed by atoms with Gasteiger partial charge in [-0.25, -0.2) is 0 Å². The maximum atomic E-state index is 13.5. The van der Waals surface area contributed by atoms with Gasteiger partial charge in [-0.15, -0.1) is 0 Å². The number of hydrogen-bond acceptors (Lipinski definition) is 5. The molecule has 1 aromatic rings. The van der Waals surface area contributed by atoms with Gasteiger partial charge < -0.3 is 18.6 Å². The van der Waals surface area contributed by atoms with Crippen LogP contribution in [-0.4, -0.2) is 45.6 Å². The molecule has 0 aliphatic carbocycles. The van der Waals surface area contributed by atoms with Crippen molar-refractivity contribution in [1.29, 1.82) is 0 Å². The van der Waals surface area contributed by atoms with Crippen molar-refractivity contribution in [3.05, 3.63) is 40.0 Å². The quantitative estimate of drug-likeness (QED) is 0.118. The van der Waals surface area contributed by atoms with Gasteiger partial charge in [0.1, 0.15) is 11.5 Å². The van der Waals surface area contributed by atoms with E-state index < -0.39 is 8.32 Å². The van der Waals surface area contributed by atoms with Gasteiger partial charge in [-0.1, -0.05) is 103 Å². The minimum atomic E-state index is -2.03. The lowest BCUT2D eigenvalue weighted by Gasteiger charge is -2.41. The average Bonchev–Trinajstić information content (AvgIpc) is 3.25. The molecular weight excluding hydrogens is 667 g/mol. The highest BCUT2D eigenvalue weighted by Gasteiger charge is 2.51. The van der Waals surface area contributed by atoms with Gasteiger partial charge in [-0.05, 0) is 76.1 Å². The second-order valence-corrected chi connectivity index (χ2v) is 20.3. The van der Waals surface area contributed by atoms with Crippen LogP contribution in [0.1, 0.15) is 93.6 Å². The molecule has 0 radical (unpaired) electrons. The summed E-state index contributed by atoms with van der Waals surface area (Å²) in [5.41, 5.74) is 1.08. The maximum Gasteiger partial charge on any atom is 0.192 e. The molecule has 1 fully saturated rings. The first-order valence-corrected chi connectivity index (χ1v) is 20.6. The van der Waals surface area contributed by atoms with Gasteiger partial charge in [-0.3, -0.25) is 4.79 Å². The Labute approximate surface area is 278 Å². The Kier molecular flexibility index (Phi) is 15.4. The first-order chi connectivity index (χ1) is 20.0. The first-order valence-electron chi connectivity index (χ1n) is 16.4. The van der Waals surface area contributed by atoms with Gasteiger partial charge in [-0.2, -0.15) is 0 Å². The van der Waals surface area contributed by atoms with Crippen LogP contribution in [0.2, 0.25) is 18.1 Å². The van der Waals surface area contributed by atoms with Crippen molar-refractivity contribution < 1.29 is 23.4 Å². The fourth-order valence-corrected chi connectivity index (χ4v) is 7.83. The summed E-state index contributed by atoms with van der Waals surface area (Å²) in [5, 5.41) is 0.110. The van der Waals surface area contributed by atoms with E-state index in [1.54, 1.807) is 7.11 Å². The molecule has 0 amide bonds. The molecule has 1 heterocycles. The Morgan fingerprint density at radius 1 is 1.05 bits per heavy atom. The molecule has 246 valence electrons. The Balaban J connectivity index is 2.12. The SMILES string of the molecule is CCC(C)CC(C)C1OC(C(C)CC(=O)CC(C)C(/C=C/I)OCc2ccc(OC)cc2)C(O[Si](C)(C)C(C)(C)C)C1C. The fourth-order valence-electron chi connectivity index (χ4n) is 6.04. The summed E-state index contributed by atoms with van der Waals surface area (Å²) in [4.78, 5) is 13.5. The molecule has 0 spiro atoms. The second kappa shape index (κ2) is 17.3. The van der Waals surface area contributed by atoms with Crippen LogP contribution >= 0.6 is 22.6 Å². The van der Waals surface area contributed by atoms with Crippen LogP contribution in [-0.2, 0) is 25.3 Å². The number of rotatable bonds is 17. The molecule has 5 nitrogen and oxygen atoms in total. The van der Waals surface area contributed by atoms with E-state index in [2.05, 4.69) is 104 Å². The third-order valence-corrected chi connectivity index (χ3v) is 14.9. The van der Waals surface area contributed by atoms with Crippen molar-refractivity contribution in [2.24, 2.45) is 29.6 Å².